The van der Waals surface area contributed by atoms with Gasteiger partial charge in [-0.3, -0.25) is 13.9 Å². The van der Waals surface area contributed by atoms with E-state index in [0.29, 0.717) is 10.8 Å². The number of nitrogens with one attached hydrogen (secondary N) is 1. The molecule has 0 aliphatic heterocycles. The molecule has 0 saturated carbocycles. The molecule has 1 atom stereocenters. The average molecular weight is 607 g/mol. The zero-order valence-electron chi connectivity index (χ0n) is 22.8. The number of rotatable bonds is 12. The highest BCUT2D eigenvalue weighted by atomic mass is 35.5. The van der Waals surface area contributed by atoms with Crippen molar-refractivity contribution in [1.82, 2.24) is 10.2 Å². The maximum absolute atomic E-state index is 14.0. The van der Waals surface area contributed by atoms with E-state index in [4.69, 9.17) is 27.9 Å². The normalized spacial score (nSPS) is 12.1. The number of carbonyl (C=O) groups is 2. The number of anilines is 1. The lowest BCUT2D eigenvalue weighted by atomic mass is 10.0. The highest BCUT2D eigenvalue weighted by Crippen LogP contribution is 2.30. The molecule has 0 aliphatic carbocycles. The third-order valence-electron chi connectivity index (χ3n) is 6.07. The Morgan fingerprint density at radius 1 is 0.950 bits per heavy atom. The van der Waals surface area contributed by atoms with Gasteiger partial charge in [0.25, 0.3) is 0 Å². The largest absolute Gasteiger partial charge is 0.495 e. The van der Waals surface area contributed by atoms with E-state index in [1.54, 1.807) is 24.3 Å². The van der Waals surface area contributed by atoms with Crippen LogP contribution in [-0.2, 0) is 32.6 Å². The van der Waals surface area contributed by atoms with Gasteiger partial charge in [0.05, 0.1) is 24.1 Å². The second-order valence-electron chi connectivity index (χ2n) is 9.61. The van der Waals surface area contributed by atoms with Crippen molar-refractivity contribution in [3.8, 4) is 5.75 Å². The summed E-state index contributed by atoms with van der Waals surface area (Å²) >= 11 is 12.3. The zero-order chi connectivity index (χ0) is 29.4. The molecule has 8 nitrogen and oxygen atoms in total. The van der Waals surface area contributed by atoms with E-state index in [0.717, 1.165) is 21.7 Å². The smallest absolute Gasteiger partial charge is 0.244 e. The molecular weight excluding hydrogens is 573 g/mol. The Hall–Kier alpha value is -3.27. The molecule has 40 heavy (non-hydrogen) atoms. The van der Waals surface area contributed by atoms with Gasteiger partial charge in [0.1, 0.15) is 18.3 Å². The number of benzene rings is 3. The fraction of sp³-hybridized carbons (Fsp3) is 0.310. The minimum absolute atomic E-state index is 0.0555. The Kier molecular flexibility index (Phi) is 10.8. The number of carbonyl (C=O) groups excluding carboxylic acids is 2. The van der Waals surface area contributed by atoms with E-state index in [1.165, 1.54) is 30.2 Å². The van der Waals surface area contributed by atoms with Crippen LogP contribution in [-0.4, -0.2) is 57.1 Å². The van der Waals surface area contributed by atoms with Crippen LogP contribution in [0.5, 0.6) is 5.75 Å². The van der Waals surface area contributed by atoms with Crippen molar-refractivity contribution in [1.29, 1.82) is 0 Å². The summed E-state index contributed by atoms with van der Waals surface area (Å²) in [6.07, 6.45) is 1.24. The first-order chi connectivity index (χ1) is 18.9. The molecule has 11 heteroatoms. The van der Waals surface area contributed by atoms with Crippen LogP contribution in [0.15, 0.2) is 72.8 Å². The van der Waals surface area contributed by atoms with Gasteiger partial charge in [0.15, 0.2) is 0 Å². The van der Waals surface area contributed by atoms with Crippen molar-refractivity contribution in [2.75, 3.05) is 24.2 Å². The Morgan fingerprint density at radius 2 is 1.60 bits per heavy atom. The third-order valence-corrected chi connectivity index (χ3v) is 7.76. The second-order valence-corrected chi connectivity index (χ2v) is 12.4. The van der Waals surface area contributed by atoms with Crippen LogP contribution in [0.25, 0.3) is 0 Å². The van der Waals surface area contributed by atoms with Crippen molar-refractivity contribution in [3.05, 3.63) is 94.0 Å². The average Bonchev–Trinajstić information content (AvgIpc) is 2.89. The van der Waals surface area contributed by atoms with E-state index < -0.39 is 28.5 Å². The summed E-state index contributed by atoms with van der Waals surface area (Å²) in [5.74, 6) is -0.547. The van der Waals surface area contributed by atoms with Crippen molar-refractivity contribution in [2.45, 2.75) is 38.9 Å². The number of amides is 2. The van der Waals surface area contributed by atoms with Crippen LogP contribution in [0.1, 0.15) is 25.0 Å². The summed E-state index contributed by atoms with van der Waals surface area (Å²) in [5, 5.41) is 3.63. The molecule has 1 unspecified atom stereocenters. The third kappa shape index (κ3) is 8.61. The quantitative estimate of drug-likeness (QED) is 0.316. The summed E-state index contributed by atoms with van der Waals surface area (Å²) < 4.78 is 31.9. The number of nitrogens with zero attached hydrogens (tertiary/aromatic N) is 2. The van der Waals surface area contributed by atoms with Crippen LogP contribution < -0.4 is 14.4 Å². The number of hydrogen-bond donors (Lipinski definition) is 1. The molecular formula is C29H33Cl2N3O5S. The first-order valence-corrected chi connectivity index (χ1v) is 15.2. The lowest BCUT2D eigenvalue weighted by Crippen LogP contribution is -2.54. The first kappa shape index (κ1) is 31.3. The second kappa shape index (κ2) is 13.9. The van der Waals surface area contributed by atoms with Crippen LogP contribution >= 0.6 is 23.2 Å². The summed E-state index contributed by atoms with van der Waals surface area (Å²) in [4.78, 5) is 29.0. The molecule has 0 spiro atoms. The molecule has 0 aliphatic rings. The molecule has 0 bridgehead atoms. The maximum atomic E-state index is 14.0. The minimum atomic E-state index is -3.92. The Morgan fingerprint density at radius 3 is 2.15 bits per heavy atom. The van der Waals surface area contributed by atoms with Crippen molar-refractivity contribution in [2.24, 2.45) is 0 Å². The van der Waals surface area contributed by atoms with E-state index in [1.807, 2.05) is 44.2 Å². The van der Waals surface area contributed by atoms with E-state index in [2.05, 4.69) is 5.32 Å². The van der Waals surface area contributed by atoms with Gasteiger partial charge >= 0.3 is 0 Å². The van der Waals surface area contributed by atoms with Gasteiger partial charge in [-0.25, -0.2) is 8.42 Å². The van der Waals surface area contributed by atoms with Gasteiger partial charge in [-0.05, 0) is 55.3 Å². The van der Waals surface area contributed by atoms with Gasteiger partial charge in [-0.2, -0.15) is 0 Å². The predicted molar refractivity (Wildman–Crippen MR) is 159 cm³/mol. The van der Waals surface area contributed by atoms with Gasteiger partial charge in [-0.15, -0.1) is 0 Å². The first-order valence-electron chi connectivity index (χ1n) is 12.6. The van der Waals surface area contributed by atoms with Gasteiger partial charge < -0.3 is 15.0 Å². The number of ether oxygens (including phenoxy) is 1. The molecule has 3 aromatic rings. The predicted octanol–water partition coefficient (Wildman–Crippen LogP) is 4.93. The number of halogens is 2. The molecule has 214 valence electrons. The standard InChI is InChI=1S/C29H33Cl2N3O5S/c1-20(2)32-29(36)26(16-21-8-6-5-7-9-21)33(18-22-10-12-23(30)13-11-22)28(35)19-34(40(4,37)38)24-14-15-27(39-3)25(31)17-24/h5-15,17,20,26H,16,18-19H2,1-4H3,(H,32,36). The number of sulfonamides is 1. The number of methoxy groups -OCH3 is 1. The van der Waals surface area contributed by atoms with Gasteiger partial charge in [-0.1, -0.05) is 65.7 Å². The Balaban J connectivity index is 2.06. The fourth-order valence-corrected chi connectivity index (χ4v) is 5.36. The Bertz CT molecular complexity index is 1420. The fourth-order valence-electron chi connectivity index (χ4n) is 4.15. The Labute approximate surface area is 245 Å². The van der Waals surface area contributed by atoms with Crippen molar-refractivity contribution < 1.29 is 22.7 Å². The monoisotopic (exact) mass is 605 g/mol. The molecule has 2 amide bonds. The molecule has 0 heterocycles. The van der Waals surface area contributed by atoms with Gasteiger partial charge in [0, 0.05) is 24.0 Å². The van der Waals surface area contributed by atoms with E-state index >= 15 is 0 Å². The molecule has 0 fully saturated rings. The minimum Gasteiger partial charge on any atom is -0.495 e. The lowest BCUT2D eigenvalue weighted by Gasteiger charge is -2.34. The van der Waals surface area contributed by atoms with Crippen molar-refractivity contribution in [3.63, 3.8) is 0 Å². The maximum Gasteiger partial charge on any atom is 0.244 e. The summed E-state index contributed by atoms with van der Waals surface area (Å²) in [6.45, 7) is 3.18. The van der Waals surface area contributed by atoms with Crippen LogP contribution in [0.2, 0.25) is 10.0 Å². The van der Waals surface area contributed by atoms with Crippen molar-refractivity contribution >= 4 is 50.7 Å². The SMILES string of the molecule is COc1ccc(N(CC(=O)N(Cc2ccc(Cl)cc2)C(Cc2ccccc2)C(=O)NC(C)C)S(C)(=O)=O)cc1Cl. The summed E-state index contributed by atoms with van der Waals surface area (Å²) in [5.41, 5.74) is 1.77. The lowest BCUT2D eigenvalue weighted by molar-refractivity contribution is -0.140. The highest BCUT2D eigenvalue weighted by Gasteiger charge is 2.33. The van der Waals surface area contributed by atoms with Crippen LogP contribution in [0, 0.1) is 0 Å². The molecule has 3 aromatic carbocycles. The molecule has 0 saturated heterocycles. The van der Waals surface area contributed by atoms with E-state index in [-0.39, 0.29) is 35.6 Å². The molecule has 3 rings (SSSR count). The number of hydrogen-bond acceptors (Lipinski definition) is 5. The molecule has 1 N–H and O–H groups in total. The van der Waals surface area contributed by atoms with Crippen LogP contribution in [0.4, 0.5) is 5.69 Å². The molecule has 0 radical (unpaired) electrons. The van der Waals surface area contributed by atoms with Crippen LogP contribution in [0.3, 0.4) is 0 Å². The highest BCUT2D eigenvalue weighted by molar-refractivity contribution is 7.92. The van der Waals surface area contributed by atoms with Gasteiger partial charge in [0.2, 0.25) is 21.8 Å². The zero-order valence-corrected chi connectivity index (χ0v) is 25.1. The molecule has 0 aromatic heterocycles. The summed E-state index contributed by atoms with van der Waals surface area (Å²) in [6, 6.07) is 19.6. The topological polar surface area (TPSA) is 96.0 Å². The summed E-state index contributed by atoms with van der Waals surface area (Å²) in [7, 11) is -2.47. The van der Waals surface area contributed by atoms with E-state index in [9.17, 15) is 18.0 Å².